The minimum absolute atomic E-state index is 0.0210. The number of halogens is 4. The van der Waals surface area contributed by atoms with E-state index in [1.165, 1.54) is 19.1 Å². The summed E-state index contributed by atoms with van der Waals surface area (Å²) in [6.45, 7) is 0.323. The number of hydrogen-bond acceptors (Lipinski definition) is 4. The van der Waals surface area contributed by atoms with E-state index in [0.29, 0.717) is 0 Å². The van der Waals surface area contributed by atoms with Crippen molar-refractivity contribution in [3.8, 4) is 0 Å². The van der Waals surface area contributed by atoms with E-state index in [4.69, 9.17) is 17.3 Å². The van der Waals surface area contributed by atoms with Crippen LogP contribution in [0.5, 0.6) is 0 Å². The van der Waals surface area contributed by atoms with Gasteiger partial charge in [0.25, 0.3) is 0 Å². The molecule has 1 rings (SSSR count). The summed E-state index contributed by atoms with van der Waals surface area (Å²) in [5, 5.41) is -0.0310. The summed E-state index contributed by atoms with van der Waals surface area (Å²) in [4.78, 5) is 12.6. The molecule has 0 aromatic heterocycles. The minimum atomic E-state index is -4.42. The molecule has 0 bridgehead atoms. The van der Waals surface area contributed by atoms with Gasteiger partial charge in [-0.3, -0.25) is 0 Å². The molecular formula is C12H14ClF3N2O2. The van der Waals surface area contributed by atoms with Gasteiger partial charge in [-0.25, -0.2) is 4.79 Å². The third kappa shape index (κ3) is 3.93. The number of methoxy groups -OCH3 is 1. The van der Waals surface area contributed by atoms with Gasteiger partial charge in [-0.15, -0.1) is 0 Å². The number of nitrogens with zero attached hydrogens (tertiary/aromatic N) is 1. The molecule has 0 heterocycles. The number of nitrogens with two attached hydrogens (primary N) is 1. The van der Waals surface area contributed by atoms with Crippen LogP contribution in [0.2, 0.25) is 5.02 Å². The van der Waals surface area contributed by atoms with E-state index < -0.39 is 18.7 Å². The molecule has 0 amide bonds. The molecule has 0 aliphatic carbocycles. The number of hydrogen-bond donors (Lipinski definition) is 1. The Bertz CT molecular complexity index is 506. The Kier molecular flexibility index (Phi) is 5.10. The Morgan fingerprint density at radius 2 is 2.05 bits per heavy atom. The molecule has 8 heteroatoms. The average Bonchev–Trinajstić information content (AvgIpc) is 2.33. The van der Waals surface area contributed by atoms with Crippen molar-refractivity contribution in [2.45, 2.75) is 13.1 Å². The Hall–Kier alpha value is -1.63. The van der Waals surface area contributed by atoms with Gasteiger partial charge in [-0.05, 0) is 19.1 Å². The van der Waals surface area contributed by atoms with Crippen LogP contribution < -0.4 is 10.6 Å². The van der Waals surface area contributed by atoms with Crippen molar-refractivity contribution in [3.63, 3.8) is 0 Å². The molecule has 0 atom stereocenters. The molecule has 0 saturated carbocycles. The standard InChI is InChI=1S/C12H14ClF3N2O2/c1-3-18(6-12(14,15)16)10-8(11(19)20-2)4-7(17)5-9(10)13/h4-5H,3,6,17H2,1-2H3. The summed E-state index contributed by atoms with van der Waals surface area (Å²) >= 11 is 5.94. The molecule has 0 fully saturated rings. The molecule has 0 unspecified atom stereocenters. The maximum Gasteiger partial charge on any atom is 0.405 e. The number of anilines is 2. The molecule has 0 aliphatic rings. The lowest BCUT2D eigenvalue weighted by Gasteiger charge is -2.27. The second-order valence-electron chi connectivity index (χ2n) is 4.02. The Morgan fingerprint density at radius 1 is 1.45 bits per heavy atom. The highest BCUT2D eigenvalue weighted by molar-refractivity contribution is 6.34. The quantitative estimate of drug-likeness (QED) is 0.686. The van der Waals surface area contributed by atoms with E-state index in [2.05, 4.69) is 4.74 Å². The molecular weight excluding hydrogens is 297 g/mol. The van der Waals surface area contributed by atoms with E-state index in [1.54, 1.807) is 0 Å². The molecule has 20 heavy (non-hydrogen) atoms. The number of rotatable bonds is 4. The maximum atomic E-state index is 12.6. The molecule has 112 valence electrons. The summed E-state index contributed by atoms with van der Waals surface area (Å²) in [5.41, 5.74) is 5.60. The van der Waals surface area contributed by atoms with Gasteiger partial charge in [-0.1, -0.05) is 11.6 Å². The van der Waals surface area contributed by atoms with Crippen molar-refractivity contribution in [2.24, 2.45) is 0 Å². The van der Waals surface area contributed by atoms with Crippen LogP contribution in [0, 0.1) is 0 Å². The van der Waals surface area contributed by atoms with Gasteiger partial charge in [0.2, 0.25) is 0 Å². The molecule has 1 aromatic carbocycles. The third-order valence-corrected chi connectivity index (χ3v) is 2.85. The average molecular weight is 311 g/mol. The minimum Gasteiger partial charge on any atom is -0.465 e. The lowest BCUT2D eigenvalue weighted by Crippen LogP contribution is -2.35. The number of esters is 1. The number of alkyl halides is 3. The van der Waals surface area contributed by atoms with Crippen LogP contribution >= 0.6 is 11.6 Å². The normalized spacial score (nSPS) is 11.3. The first-order valence-electron chi connectivity index (χ1n) is 5.68. The van der Waals surface area contributed by atoms with Gasteiger partial charge in [0.05, 0.1) is 23.4 Å². The van der Waals surface area contributed by atoms with Crippen molar-refractivity contribution in [2.75, 3.05) is 30.8 Å². The lowest BCUT2D eigenvalue weighted by atomic mass is 10.1. The van der Waals surface area contributed by atoms with Crippen LogP contribution in [0.15, 0.2) is 12.1 Å². The molecule has 0 radical (unpaired) electrons. The van der Waals surface area contributed by atoms with Crippen molar-refractivity contribution < 1.29 is 22.7 Å². The smallest absolute Gasteiger partial charge is 0.405 e. The first-order valence-corrected chi connectivity index (χ1v) is 6.06. The van der Waals surface area contributed by atoms with E-state index in [1.807, 2.05) is 0 Å². The van der Waals surface area contributed by atoms with Gasteiger partial charge < -0.3 is 15.4 Å². The highest BCUT2D eigenvalue weighted by Gasteiger charge is 2.32. The van der Waals surface area contributed by atoms with Gasteiger partial charge in [0, 0.05) is 12.2 Å². The zero-order chi connectivity index (χ0) is 15.5. The van der Waals surface area contributed by atoms with Crippen molar-refractivity contribution >= 4 is 28.9 Å². The summed E-state index contributed by atoms with van der Waals surface area (Å²) in [7, 11) is 1.13. The third-order valence-electron chi connectivity index (χ3n) is 2.56. The molecule has 1 aromatic rings. The fourth-order valence-corrected chi connectivity index (χ4v) is 2.12. The van der Waals surface area contributed by atoms with Crippen LogP contribution in [0.3, 0.4) is 0 Å². The van der Waals surface area contributed by atoms with E-state index >= 15 is 0 Å². The monoisotopic (exact) mass is 310 g/mol. The lowest BCUT2D eigenvalue weighted by molar-refractivity contribution is -0.119. The van der Waals surface area contributed by atoms with Crippen LogP contribution in [0.4, 0.5) is 24.5 Å². The second kappa shape index (κ2) is 6.21. The maximum absolute atomic E-state index is 12.6. The predicted octanol–water partition coefficient (Wildman–Crippen LogP) is 3.10. The first kappa shape index (κ1) is 16.4. The Labute approximate surface area is 119 Å². The number of benzene rings is 1. The highest BCUT2D eigenvalue weighted by Crippen LogP contribution is 2.34. The van der Waals surface area contributed by atoms with E-state index in [-0.39, 0.29) is 28.5 Å². The number of ether oxygens (including phenoxy) is 1. The highest BCUT2D eigenvalue weighted by atomic mass is 35.5. The Balaban J connectivity index is 3.36. The van der Waals surface area contributed by atoms with Crippen LogP contribution in [0.25, 0.3) is 0 Å². The van der Waals surface area contributed by atoms with Gasteiger partial charge in [0.1, 0.15) is 6.54 Å². The zero-order valence-electron chi connectivity index (χ0n) is 10.9. The zero-order valence-corrected chi connectivity index (χ0v) is 11.7. The van der Waals surface area contributed by atoms with Gasteiger partial charge in [0.15, 0.2) is 0 Å². The fourth-order valence-electron chi connectivity index (χ4n) is 1.77. The van der Waals surface area contributed by atoms with Crippen LogP contribution in [-0.4, -0.2) is 32.3 Å². The topological polar surface area (TPSA) is 55.6 Å². The SMILES string of the molecule is CCN(CC(F)(F)F)c1c(Cl)cc(N)cc1C(=O)OC. The largest absolute Gasteiger partial charge is 0.465 e. The number of carbonyl (C=O) groups is 1. The summed E-state index contributed by atoms with van der Waals surface area (Å²) in [5.74, 6) is -0.796. The van der Waals surface area contributed by atoms with Crippen molar-refractivity contribution in [1.82, 2.24) is 0 Å². The predicted molar refractivity (Wildman–Crippen MR) is 71.1 cm³/mol. The number of carbonyl (C=O) groups excluding carboxylic acids is 1. The van der Waals surface area contributed by atoms with Gasteiger partial charge >= 0.3 is 12.1 Å². The molecule has 4 nitrogen and oxygen atoms in total. The van der Waals surface area contributed by atoms with Crippen molar-refractivity contribution in [3.05, 3.63) is 22.7 Å². The van der Waals surface area contributed by atoms with E-state index in [9.17, 15) is 18.0 Å². The summed E-state index contributed by atoms with van der Waals surface area (Å²) in [6.07, 6.45) is -4.42. The van der Waals surface area contributed by atoms with Crippen LogP contribution in [0.1, 0.15) is 17.3 Å². The summed E-state index contributed by atoms with van der Waals surface area (Å²) < 4.78 is 42.3. The molecule has 0 aliphatic heterocycles. The van der Waals surface area contributed by atoms with Gasteiger partial charge in [-0.2, -0.15) is 13.2 Å². The second-order valence-corrected chi connectivity index (χ2v) is 4.43. The number of nitrogen functional groups attached to an aromatic ring is 1. The molecule has 0 spiro atoms. The first-order chi connectivity index (χ1) is 9.19. The molecule has 2 N–H and O–H groups in total. The fraction of sp³-hybridized carbons (Fsp3) is 0.417. The van der Waals surface area contributed by atoms with Crippen molar-refractivity contribution in [1.29, 1.82) is 0 Å². The molecule has 0 saturated heterocycles. The van der Waals surface area contributed by atoms with E-state index in [0.717, 1.165) is 12.0 Å². The summed E-state index contributed by atoms with van der Waals surface area (Å²) in [6, 6.07) is 2.54. The van der Waals surface area contributed by atoms with Crippen LogP contribution in [-0.2, 0) is 4.74 Å². The Morgan fingerprint density at radius 3 is 2.50 bits per heavy atom.